The number of hydrogen-bond donors (Lipinski definition) is 1. The fourth-order valence-corrected chi connectivity index (χ4v) is 1.64. The second-order valence-corrected chi connectivity index (χ2v) is 3.51. The number of ether oxygens (including phenoxy) is 2. The second-order valence-electron chi connectivity index (χ2n) is 3.11. The zero-order valence-electron chi connectivity index (χ0n) is 7.83. The molecule has 0 unspecified atom stereocenters. The predicted octanol–water partition coefficient (Wildman–Crippen LogP) is 2.20. The molecule has 0 bridgehead atoms. The van der Waals surface area contributed by atoms with Crippen LogP contribution in [-0.2, 0) is 0 Å². The van der Waals surface area contributed by atoms with Crippen molar-refractivity contribution >= 4 is 17.6 Å². The highest BCUT2D eigenvalue weighted by Crippen LogP contribution is 2.37. The van der Waals surface area contributed by atoms with Crippen molar-refractivity contribution in [2.24, 2.45) is 0 Å². The Balaban J connectivity index is 2.56. The van der Waals surface area contributed by atoms with Crippen molar-refractivity contribution in [3.8, 4) is 11.5 Å². The first kappa shape index (κ1) is 10.1. The molecule has 1 heterocycles. The minimum atomic E-state index is -1.11. The number of carbonyl (C=O) groups is 1. The van der Waals surface area contributed by atoms with Crippen molar-refractivity contribution in [2.45, 2.75) is 6.42 Å². The van der Waals surface area contributed by atoms with E-state index in [1.54, 1.807) is 6.07 Å². The van der Waals surface area contributed by atoms with Crippen molar-refractivity contribution in [3.05, 3.63) is 22.7 Å². The van der Waals surface area contributed by atoms with Gasteiger partial charge in [-0.05, 0) is 12.1 Å². The molecule has 0 saturated heterocycles. The molecule has 1 N–H and O–H groups in total. The zero-order chi connectivity index (χ0) is 10.8. The minimum absolute atomic E-state index is 0.0314. The van der Waals surface area contributed by atoms with E-state index in [1.165, 1.54) is 6.07 Å². The van der Waals surface area contributed by atoms with Crippen LogP contribution in [0.2, 0.25) is 5.02 Å². The molecular weight excluding hydrogens is 220 g/mol. The van der Waals surface area contributed by atoms with Gasteiger partial charge in [-0.1, -0.05) is 11.6 Å². The Morgan fingerprint density at radius 1 is 1.33 bits per heavy atom. The van der Waals surface area contributed by atoms with Gasteiger partial charge in [-0.2, -0.15) is 0 Å². The third kappa shape index (κ3) is 1.85. The topological polar surface area (TPSA) is 55.8 Å². The molecule has 0 aliphatic carbocycles. The molecule has 0 radical (unpaired) electrons. The lowest BCUT2D eigenvalue weighted by Crippen LogP contribution is -2.04. The van der Waals surface area contributed by atoms with Crippen molar-refractivity contribution < 1.29 is 19.4 Å². The summed E-state index contributed by atoms with van der Waals surface area (Å²) in [7, 11) is 0. The van der Waals surface area contributed by atoms with Crippen molar-refractivity contribution in [1.82, 2.24) is 0 Å². The predicted molar refractivity (Wildman–Crippen MR) is 54.0 cm³/mol. The number of rotatable bonds is 1. The highest BCUT2D eigenvalue weighted by Gasteiger charge is 2.22. The molecule has 1 aliphatic rings. The Labute approximate surface area is 91.4 Å². The van der Waals surface area contributed by atoms with Crippen LogP contribution in [0, 0.1) is 0 Å². The molecular formula is C10H9ClO4. The third-order valence-electron chi connectivity index (χ3n) is 2.08. The van der Waals surface area contributed by atoms with E-state index in [9.17, 15) is 4.79 Å². The maximum absolute atomic E-state index is 11.0. The fourth-order valence-electron chi connectivity index (χ4n) is 1.41. The maximum atomic E-state index is 11.0. The van der Waals surface area contributed by atoms with Crippen LogP contribution in [0.3, 0.4) is 0 Å². The summed E-state index contributed by atoms with van der Waals surface area (Å²) in [4.78, 5) is 11.0. The Bertz CT molecular complexity index is 403. The van der Waals surface area contributed by atoms with Gasteiger partial charge in [0.1, 0.15) is 5.56 Å². The van der Waals surface area contributed by atoms with Crippen molar-refractivity contribution in [1.29, 1.82) is 0 Å². The molecule has 0 fully saturated rings. The van der Waals surface area contributed by atoms with Gasteiger partial charge in [0, 0.05) is 6.42 Å². The summed E-state index contributed by atoms with van der Waals surface area (Å²) < 4.78 is 10.7. The number of carboxylic acid groups (broad SMARTS) is 1. The average molecular weight is 229 g/mol. The van der Waals surface area contributed by atoms with Crippen LogP contribution in [0.15, 0.2) is 12.1 Å². The number of fused-ring (bicyclic) bond motifs is 1. The molecule has 0 atom stereocenters. The fraction of sp³-hybridized carbons (Fsp3) is 0.300. The zero-order valence-corrected chi connectivity index (χ0v) is 8.58. The van der Waals surface area contributed by atoms with Gasteiger partial charge in [-0.15, -0.1) is 0 Å². The van der Waals surface area contributed by atoms with Crippen molar-refractivity contribution in [2.75, 3.05) is 13.2 Å². The van der Waals surface area contributed by atoms with Crippen LogP contribution >= 0.6 is 11.6 Å². The lowest BCUT2D eigenvalue weighted by atomic mass is 10.2. The van der Waals surface area contributed by atoms with Gasteiger partial charge < -0.3 is 14.6 Å². The van der Waals surface area contributed by atoms with Gasteiger partial charge in [0.25, 0.3) is 0 Å². The molecule has 1 aliphatic heterocycles. The molecule has 80 valence electrons. The van der Waals surface area contributed by atoms with E-state index < -0.39 is 5.97 Å². The summed E-state index contributed by atoms with van der Waals surface area (Å²) in [6.45, 7) is 0.960. The molecule has 15 heavy (non-hydrogen) atoms. The van der Waals surface area contributed by atoms with Crippen molar-refractivity contribution in [3.63, 3.8) is 0 Å². The Hall–Kier alpha value is -1.42. The second kappa shape index (κ2) is 3.98. The van der Waals surface area contributed by atoms with E-state index in [0.717, 1.165) is 6.42 Å². The smallest absolute Gasteiger partial charge is 0.341 e. The summed E-state index contributed by atoms with van der Waals surface area (Å²) >= 11 is 5.79. The molecule has 0 saturated carbocycles. The first-order chi connectivity index (χ1) is 7.20. The molecule has 0 amide bonds. The molecule has 2 rings (SSSR count). The van der Waals surface area contributed by atoms with Gasteiger partial charge in [-0.3, -0.25) is 0 Å². The number of carboxylic acids is 1. The van der Waals surface area contributed by atoms with Crippen LogP contribution in [0.25, 0.3) is 0 Å². The summed E-state index contributed by atoms with van der Waals surface area (Å²) in [5.41, 5.74) is -0.0314. The van der Waals surface area contributed by atoms with Gasteiger partial charge >= 0.3 is 5.97 Å². The van der Waals surface area contributed by atoms with Crippen LogP contribution in [0.5, 0.6) is 11.5 Å². The SMILES string of the molecule is O=C(O)c1c(Cl)ccc2c1OCCCO2. The van der Waals surface area contributed by atoms with E-state index in [-0.39, 0.29) is 16.3 Å². The molecule has 4 nitrogen and oxygen atoms in total. The maximum Gasteiger partial charge on any atom is 0.341 e. The van der Waals surface area contributed by atoms with Crippen LogP contribution in [0.1, 0.15) is 16.8 Å². The normalized spacial score (nSPS) is 14.5. The van der Waals surface area contributed by atoms with E-state index in [1.807, 2.05) is 0 Å². The first-order valence-electron chi connectivity index (χ1n) is 4.51. The highest BCUT2D eigenvalue weighted by molar-refractivity contribution is 6.34. The summed E-state index contributed by atoms with van der Waals surface area (Å²) in [5, 5.41) is 9.15. The lowest BCUT2D eigenvalue weighted by molar-refractivity contribution is 0.0692. The summed E-state index contributed by atoms with van der Waals surface area (Å²) in [5.74, 6) is -0.441. The monoisotopic (exact) mass is 228 g/mol. The van der Waals surface area contributed by atoms with E-state index in [0.29, 0.717) is 19.0 Å². The van der Waals surface area contributed by atoms with Gasteiger partial charge in [0.05, 0.1) is 18.2 Å². The van der Waals surface area contributed by atoms with Gasteiger partial charge in [0.2, 0.25) is 0 Å². The number of halogens is 1. The number of hydrogen-bond acceptors (Lipinski definition) is 3. The van der Waals surface area contributed by atoms with E-state index in [4.69, 9.17) is 26.2 Å². The quantitative estimate of drug-likeness (QED) is 0.801. The highest BCUT2D eigenvalue weighted by atomic mass is 35.5. The molecule has 5 heteroatoms. The van der Waals surface area contributed by atoms with Crippen LogP contribution in [0.4, 0.5) is 0 Å². The third-order valence-corrected chi connectivity index (χ3v) is 2.39. The minimum Gasteiger partial charge on any atom is -0.490 e. The molecule has 0 spiro atoms. The Morgan fingerprint density at radius 3 is 2.80 bits per heavy atom. The summed E-state index contributed by atoms with van der Waals surface area (Å²) in [6.07, 6.45) is 0.728. The molecule has 1 aromatic carbocycles. The largest absolute Gasteiger partial charge is 0.490 e. The average Bonchev–Trinajstić information content (AvgIpc) is 2.41. The van der Waals surface area contributed by atoms with E-state index in [2.05, 4.69) is 0 Å². The lowest BCUT2D eigenvalue weighted by Gasteiger charge is -2.10. The first-order valence-corrected chi connectivity index (χ1v) is 4.89. The van der Waals surface area contributed by atoms with Crippen LogP contribution in [-0.4, -0.2) is 24.3 Å². The Kier molecular flexibility index (Phi) is 2.68. The van der Waals surface area contributed by atoms with Gasteiger partial charge in [0.15, 0.2) is 11.5 Å². The van der Waals surface area contributed by atoms with E-state index >= 15 is 0 Å². The standard InChI is InChI=1S/C10H9ClO4/c11-6-2-3-7-9(8(6)10(12)13)15-5-1-4-14-7/h2-3H,1,4-5H2,(H,12,13). The number of aromatic carboxylic acids is 1. The molecule has 0 aromatic heterocycles. The van der Waals surface area contributed by atoms with Gasteiger partial charge in [-0.25, -0.2) is 4.79 Å². The van der Waals surface area contributed by atoms with Crippen LogP contribution < -0.4 is 9.47 Å². The summed E-state index contributed by atoms with van der Waals surface area (Å²) in [6, 6.07) is 3.12. The number of benzene rings is 1. The Morgan fingerprint density at radius 2 is 2.07 bits per heavy atom. The molecule has 1 aromatic rings.